The molecule has 0 saturated heterocycles. The molecule has 32 heavy (non-hydrogen) atoms. The number of aromatic nitrogens is 2. The highest BCUT2D eigenvalue weighted by atomic mass is 19.1. The maximum Gasteiger partial charge on any atom is 0.123 e. The van der Waals surface area contributed by atoms with Crippen molar-refractivity contribution in [2.75, 3.05) is 0 Å². The van der Waals surface area contributed by atoms with Gasteiger partial charge in [-0.15, -0.1) is 0 Å². The maximum absolute atomic E-state index is 13.8. The van der Waals surface area contributed by atoms with Gasteiger partial charge < -0.3 is 9.67 Å². The minimum atomic E-state index is -0.317. The average molecular weight is 429 g/mol. The van der Waals surface area contributed by atoms with Crippen molar-refractivity contribution in [3.05, 3.63) is 89.8 Å². The molecule has 0 saturated carbocycles. The molecule has 0 amide bonds. The molecule has 0 spiro atoms. The van der Waals surface area contributed by atoms with Crippen LogP contribution < -0.4 is 0 Å². The molecule has 1 aliphatic rings. The maximum atomic E-state index is 13.8. The fourth-order valence-corrected chi connectivity index (χ4v) is 4.38. The van der Waals surface area contributed by atoms with Crippen LogP contribution in [0, 0.1) is 11.6 Å². The van der Waals surface area contributed by atoms with Crippen LogP contribution in [-0.4, -0.2) is 20.9 Å². The van der Waals surface area contributed by atoms with Gasteiger partial charge in [-0.3, -0.25) is 4.99 Å². The molecule has 0 bridgehead atoms. The van der Waals surface area contributed by atoms with Crippen LogP contribution in [0.1, 0.15) is 23.6 Å². The molecule has 4 nitrogen and oxygen atoms in total. The molecule has 2 aromatic carbocycles. The highest BCUT2D eigenvalue weighted by Crippen LogP contribution is 2.43. The highest BCUT2D eigenvalue weighted by Gasteiger charge is 2.26. The van der Waals surface area contributed by atoms with E-state index < -0.39 is 0 Å². The summed E-state index contributed by atoms with van der Waals surface area (Å²) in [5.74, 6) is -0.647. The molecule has 0 fully saturated rings. The van der Waals surface area contributed by atoms with Gasteiger partial charge in [-0.1, -0.05) is 18.2 Å². The third-order valence-corrected chi connectivity index (χ3v) is 5.96. The fourth-order valence-electron chi connectivity index (χ4n) is 4.38. The van der Waals surface area contributed by atoms with Crippen LogP contribution in [0.5, 0.6) is 0 Å². The van der Waals surface area contributed by atoms with Crippen LogP contribution in [-0.2, 0) is 13.7 Å². The Bertz CT molecular complexity index is 1350. The Kier molecular flexibility index (Phi) is 5.15. The first-order valence-electron chi connectivity index (χ1n) is 10.4. The minimum absolute atomic E-state index is 0.0167. The first kappa shape index (κ1) is 20.3. The van der Waals surface area contributed by atoms with Crippen molar-refractivity contribution in [3.63, 3.8) is 0 Å². The van der Waals surface area contributed by atoms with Crippen molar-refractivity contribution in [2.24, 2.45) is 12.0 Å². The van der Waals surface area contributed by atoms with Gasteiger partial charge in [-0.05, 0) is 60.0 Å². The van der Waals surface area contributed by atoms with E-state index >= 15 is 0 Å². The van der Waals surface area contributed by atoms with Crippen LogP contribution in [0.25, 0.3) is 33.4 Å². The van der Waals surface area contributed by atoms with Gasteiger partial charge in [0.1, 0.15) is 11.6 Å². The van der Waals surface area contributed by atoms with Gasteiger partial charge >= 0.3 is 0 Å². The Labute approximate surface area is 184 Å². The first-order chi connectivity index (χ1) is 15.6. The molecule has 2 aromatic heterocycles. The topological polar surface area (TPSA) is 50.4 Å². The summed E-state index contributed by atoms with van der Waals surface area (Å²) in [4.78, 5) is 9.19. The van der Waals surface area contributed by atoms with Gasteiger partial charge in [-0.2, -0.15) is 0 Å². The number of hydrogen-bond acceptors (Lipinski definition) is 3. The van der Waals surface area contributed by atoms with Gasteiger partial charge in [0.25, 0.3) is 0 Å². The molecule has 1 atom stereocenters. The van der Waals surface area contributed by atoms with Crippen molar-refractivity contribution < 1.29 is 13.9 Å². The summed E-state index contributed by atoms with van der Waals surface area (Å²) in [7, 11) is 1.89. The normalized spacial score (nSPS) is 15.6. The summed E-state index contributed by atoms with van der Waals surface area (Å²) >= 11 is 0. The standard InChI is InChI=1S/C26H21F2N3O/c1-31-21(15-32)14-22-26(31)24(16-2-6-19(27)7-3-16)23(17-10-12-29-13-11-17)25(30-22)18-4-8-20(28)9-5-18/h2-10,12-14,17,32H,11,15H2,1H3/t17-/m0/s1. The number of allylic oxidation sites excluding steroid dienone is 1. The average Bonchev–Trinajstić information content (AvgIpc) is 3.15. The lowest BCUT2D eigenvalue weighted by Gasteiger charge is -2.23. The predicted octanol–water partition coefficient (Wildman–Crippen LogP) is 5.75. The van der Waals surface area contributed by atoms with Crippen molar-refractivity contribution >= 4 is 17.2 Å². The van der Waals surface area contributed by atoms with Gasteiger partial charge in [-0.25, -0.2) is 13.8 Å². The molecule has 0 radical (unpaired) electrons. The van der Waals surface area contributed by atoms with E-state index in [0.29, 0.717) is 11.9 Å². The van der Waals surface area contributed by atoms with Crippen molar-refractivity contribution in [1.82, 2.24) is 9.55 Å². The zero-order chi connectivity index (χ0) is 22.2. The van der Waals surface area contributed by atoms with E-state index in [9.17, 15) is 13.9 Å². The summed E-state index contributed by atoms with van der Waals surface area (Å²) < 4.78 is 29.4. The van der Waals surface area contributed by atoms with Crippen LogP contribution in [0.4, 0.5) is 8.78 Å². The van der Waals surface area contributed by atoms with Gasteiger partial charge in [0, 0.05) is 42.2 Å². The van der Waals surface area contributed by atoms with E-state index in [0.717, 1.165) is 39.2 Å². The van der Waals surface area contributed by atoms with Crippen molar-refractivity contribution in [3.8, 4) is 22.4 Å². The van der Waals surface area contributed by atoms with Crippen molar-refractivity contribution in [1.29, 1.82) is 0 Å². The Morgan fingerprint density at radius 3 is 2.25 bits per heavy atom. The second kappa shape index (κ2) is 8.13. The number of rotatable bonds is 4. The smallest absolute Gasteiger partial charge is 0.123 e. The highest BCUT2D eigenvalue weighted by molar-refractivity contribution is 5.99. The SMILES string of the molecule is Cn1c(CO)cc2nc(-c3ccc(F)cc3)c([C@H]3C=CN=CC3)c(-c3ccc(F)cc3)c21. The van der Waals surface area contributed by atoms with E-state index in [2.05, 4.69) is 4.99 Å². The van der Waals surface area contributed by atoms with Gasteiger partial charge in [0.15, 0.2) is 0 Å². The second-order valence-corrected chi connectivity index (χ2v) is 7.86. The molecule has 5 rings (SSSR count). The zero-order valence-electron chi connectivity index (χ0n) is 17.5. The number of benzene rings is 2. The number of aliphatic hydroxyl groups excluding tert-OH is 1. The van der Waals surface area contributed by atoms with E-state index in [1.165, 1.54) is 24.3 Å². The van der Waals surface area contributed by atoms with Gasteiger partial charge in [0.05, 0.1) is 23.3 Å². The third kappa shape index (κ3) is 3.42. The Morgan fingerprint density at radius 1 is 1.00 bits per heavy atom. The molecule has 1 aliphatic heterocycles. The predicted molar refractivity (Wildman–Crippen MR) is 122 cm³/mol. The summed E-state index contributed by atoms with van der Waals surface area (Å²) in [5, 5.41) is 9.88. The lowest BCUT2D eigenvalue weighted by atomic mass is 9.84. The Balaban J connectivity index is 1.92. The summed E-state index contributed by atoms with van der Waals surface area (Å²) in [6, 6.07) is 14.5. The van der Waals surface area contributed by atoms with E-state index in [-0.39, 0.29) is 24.2 Å². The van der Waals surface area contributed by atoms with E-state index in [1.54, 1.807) is 30.5 Å². The molecule has 0 aliphatic carbocycles. The second-order valence-electron chi connectivity index (χ2n) is 7.86. The lowest BCUT2D eigenvalue weighted by Crippen LogP contribution is -2.08. The van der Waals surface area contributed by atoms with Crippen LogP contribution in [0.15, 0.2) is 71.9 Å². The zero-order valence-corrected chi connectivity index (χ0v) is 17.5. The Morgan fingerprint density at radius 2 is 1.66 bits per heavy atom. The minimum Gasteiger partial charge on any atom is -0.390 e. The monoisotopic (exact) mass is 429 g/mol. The molecule has 160 valence electrons. The number of aliphatic imine (C=N–C) groups is 1. The number of halogens is 2. The number of fused-ring (bicyclic) bond motifs is 1. The quantitative estimate of drug-likeness (QED) is 0.449. The summed E-state index contributed by atoms with van der Waals surface area (Å²) in [6.45, 7) is -0.132. The molecular formula is C26H21F2N3O. The van der Waals surface area contributed by atoms with Crippen molar-refractivity contribution in [2.45, 2.75) is 18.9 Å². The van der Waals surface area contributed by atoms with E-state index in [4.69, 9.17) is 4.98 Å². The lowest BCUT2D eigenvalue weighted by molar-refractivity contribution is 0.273. The molecule has 0 unspecified atom stereocenters. The summed E-state index contributed by atoms with van der Waals surface area (Å²) in [5.41, 5.74) is 6.54. The van der Waals surface area contributed by atoms with E-state index in [1.807, 2.05) is 30.0 Å². The first-order valence-corrected chi connectivity index (χ1v) is 10.4. The van der Waals surface area contributed by atoms with Crippen LogP contribution in [0.3, 0.4) is 0 Å². The summed E-state index contributed by atoms with van der Waals surface area (Å²) in [6.07, 6.45) is 6.34. The number of nitrogens with zero attached hydrogens (tertiary/aromatic N) is 3. The number of aryl methyl sites for hydroxylation is 1. The number of aliphatic hydroxyl groups is 1. The molecule has 1 N–H and O–H groups in total. The fraction of sp³-hybridized carbons (Fsp3) is 0.154. The van der Waals surface area contributed by atoms with Gasteiger partial charge in [0.2, 0.25) is 0 Å². The molecule has 6 heteroatoms. The molecule has 4 aromatic rings. The number of hydrogen-bond donors (Lipinski definition) is 1. The Hall–Kier alpha value is -3.64. The third-order valence-electron chi connectivity index (χ3n) is 5.96. The molecular weight excluding hydrogens is 408 g/mol. The largest absolute Gasteiger partial charge is 0.390 e. The number of pyridine rings is 1. The molecule has 3 heterocycles. The van der Waals surface area contributed by atoms with Crippen LogP contribution >= 0.6 is 0 Å². The van der Waals surface area contributed by atoms with Crippen LogP contribution in [0.2, 0.25) is 0 Å².